The lowest BCUT2D eigenvalue weighted by Gasteiger charge is -2.43. The number of carbonyl (C=O) groups excluding carboxylic acids is 2. The van der Waals surface area contributed by atoms with Crippen LogP contribution in [0.25, 0.3) is 0 Å². The van der Waals surface area contributed by atoms with Crippen LogP contribution >= 0.6 is 0 Å². The van der Waals surface area contributed by atoms with Gasteiger partial charge in [-0.2, -0.15) is 18.3 Å². The number of amides is 2. The molecule has 1 aromatic heterocycles. The van der Waals surface area contributed by atoms with E-state index in [0.29, 0.717) is 25.2 Å². The van der Waals surface area contributed by atoms with Gasteiger partial charge in [0.15, 0.2) is 0 Å². The Bertz CT molecular complexity index is 1130. The molecule has 1 aromatic carbocycles. The molecule has 3 N–H and O–H groups in total. The number of nitrogens with zero attached hydrogens (tertiary/aromatic N) is 2. The highest BCUT2D eigenvalue weighted by Crippen LogP contribution is 2.42. The molecule has 0 spiro atoms. The zero-order valence-corrected chi connectivity index (χ0v) is 19.2. The molecule has 4 rings (SSSR count). The number of alkyl halides is 3. The summed E-state index contributed by atoms with van der Waals surface area (Å²) in [7, 11) is 0. The van der Waals surface area contributed by atoms with Crippen LogP contribution < -0.4 is 16.1 Å². The van der Waals surface area contributed by atoms with Gasteiger partial charge in [-0.3, -0.25) is 24.4 Å². The van der Waals surface area contributed by atoms with Crippen LogP contribution in [-0.2, 0) is 16.5 Å². The summed E-state index contributed by atoms with van der Waals surface area (Å²) in [6, 6.07) is 5.37. The Hall–Kier alpha value is -3.21. The number of aromatic amines is 1. The van der Waals surface area contributed by atoms with E-state index in [9.17, 15) is 27.6 Å². The highest BCUT2D eigenvalue weighted by atomic mass is 19.4. The molecule has 188 valence electrons. The third-order valence-corrected chi connectivity index (χ3v) is 6.86. The van der Waals surface area contributed by atoms with E-state index in [1.807, 2.05) is 0 Å². The molecule has 2 aromatic rings. The fraction of sp³-hybridized carbons (Fsp3) is 0.500. The van der Waals surface area contributed by atoms with Crippen LogP contribution in [0.1, 0.15) is 60.1 Å². The van der Waals surface area contributed by atoms with Crippen LogP contribution in [0.3, 0.4) is 0 Å². The summed E-state index contributed by atoms with van der Waals surface area (Å²) < 4.78 is 38.6. The van der Waals surface area contributed by atoms with Gasteiger partial charge in [-0.25, -0.2) is 0 Å². The largest absolute Gasteiger partial charge is 0.416 e. The molecule has 1 saturated heterocycles. The van der Waals surface area contributed by atoms with Crippen molar-refractivity contribution in [3.8, 4) is 0 Å². The predicted octanol–water partition coefficient (Wildman–Crippen LogP) is 2.57. The second-order valence-corrected chi connectivity index (χ2v) is 9.14. The molecular formula is C24H28F3N5O3. The molecule has 1 aliphatic heterocycles. The van der Waals surface area contributed by atoms with E-state index >= 15 is 0 Å². The summed E-state index contributed by atoms with van der Waals surface area (Å²) in [5, 5.41) is 12.4. The number of hydrogen-bond donors (Lipinski definition) is 3. The number of nitrogens with one attached hydrogen (secondary N) is 3. The zero-order valence-electron chi connectivity index (χ0n) is 19.2. The molecule has 1 aliphatic carbocycles. The molecular weight excluding hydrogens is 463 g/mol. The molecule has 1 unspecified atom stereocenters. The molecule has 35 heavy (non-hydrogen) atoms. The van der Waals surface area contributed by atoms with Gasteiger partial charge in [0.1, 0.15) is 5.69 Å². The topological polar surface area (TPSA) is 107 Å². The molecule has 11 heteroatoms. The first-order valence-corrected chi connectivity index (χ1v) is 11.7. The third kappa shape index (κ3) is 5.55. The molecule has 8 nitrogen and oxygen atoms in total. The first kappa shape index (κ1) is 24.9. The SMILES string of the molecule is O=C(CNC(=O)c1cccc(C(F)(F)F)c1)NC1CCN(C2(c3n[nH]ccc3=O)CCCCC2)C1. The molecule has 2 fully saturated rings. The quantitative estimate of drug-likeness (QED) is 0.576. The molecule has 1 saturated carbocycles. The van der Waals surface area contributed by atoms with E-state index in [-0.39, 0.29) is 23.6 Å². The summed E-state index contributed by atoms with van der Waals surface area (Å²) in [5.41, 5.74) is -1.15. The maximum Gasteiger partial charge on any atom is 0.416 e. The Morgan fingerprint density at radius 3 is 2.66 bits per heavy atom. The van der Waals surface area contributed by atoms with E-state index in [4.69, 9.17) is 0 Å². The lowest BCUT2D eigenvalue weighted by Crippen LogP contribution is -2.51. The van der Waals surface area contributed by atoms with Crippen molar-refractivity contribution >= 4 is 11.8 Å². The van der Waals surface area contributed by atoms with Gasteiger partial charge in [-0.1, -0.05) is 25.3 Å². The van der Waals surface area contributed by atoms with E-state index in [1.165, 1.54) is 18.3 Å². The van der Waals surface area contributed by atoms with Crippen molar-refractivity contribution in [3.63, 3.8) is 0 Å². The fourth-order valence-corrected chi connectivity index (χ4v) is 5.17. The number of hydrogen-bond acceptors (Lipinski definition) is 5. The second-order valence-electron chi connectivity index (χ2n) is 9.14. The highest BCUT2D eigenvalue weighted by molar-refractivity contribution is 5.96. The standard InChI is InChI=1S/C24H28F3N5O3/c25-24(26,27)17-6-4-5-16(13-17)22(35)28-14-20(34)30-18-8-12-32(15-18)23(9-2-1-3-10-23)21-19(33)7-11-29-31-21/h4-7,11,13,18H,1-3,8-10,12,14-15H2,(H,28,35)(H,29,33)(H,30,34). The minimum absolute atomic E-state index is 0.101. The number of carbonyl (C=O) groups is 2. The highest BCUT2D eigenvalue weighted by Gasteiger charge is 2.45. The van der Waals surface area contributed by atoms with Gasteiger partial charge < -0.3 is 10.6 Å². The maximum atomic E-state index is 12.9. The van der Waals surface area contributed by atoms with Crippen molar-refractivity contribution in [3.05, 3.63) is 63.6 Å². The summed E-state index contributed by atoms with van der Waals surface area (Å²) in [6.45, 7) is 0.886. The molecule has 2 heterocycles. The van der Waals surface area contributed by atoms with Crippen molar-refractivity contribution < 1.29 is 22.8 Å². The van der Waals surface area contributed by atoms with Crippen molar-refractivity contribution in [1.29, 1.82) is 0 Å². The molecule has 1 atom stereocenters. The lowest BCUT2D eigenvalue weighted by atomic mass is 9.77. The van der Waals surface area contributed by atoms with E-state index in [1.54, 1.807) is 0 Å². The first-order valence-electron chi connectivity index (χ1n) is 11.7. The summed E-state index contributed by atoms with van der Waals surface area (Å²) in [4.78, 5) is 39.5. The second kappa shape index (κ2) is 10.2. The Morgan fingerprint density at radius 2 is 1.94 bits per heavy atom. The lowest BCUT2D eigenvalue weighted by molar-refractivity contribution is -0.137. The number of H-pyrrole nitrogens is 1. The minimum atomic E-state index is -4.56. The van der Waals surface area contributed by atoms with Crippen molar-refractivity contribution in [2.24, 2.45) is 0 Å². The van der Waals surface area contributed by atoms with Gasteiger partial charge in [0, 0.05) is 37.0 Å². The number of likely N-dealkylation sites (tertiary alicyclic amines) is 1. The maximum absolute atomic E-state index is 12.9. The number of halogens is 3. The van der Waals surface area contributed by atoms with E-state index < -0.39 is 29.1 Å². The van der Waals surface area contributed by atoms with Crippen LogP contribution in [0, 0.1) is 0 Å². The van der Waals surface area contributed by atoms with Crippen LogP contribution in [0.2, 0.25) is 0 Å². The minimum Gasteiger partial charge on any atom is -0.350 e. The van der Waals surface area contributed by atoms with Gasteiger partial charge in [0.2, 0.25) is 11.3 Å². The summed E-state index contributed by atoms with van der Waals surface area (Å²) >= 11 is 0. The van der Waals surface area contributed by atoms with Crippen molar-refractivity contribution in [2.75, 3.05) is 19.6 Å². The molecule has 2 amide bonds. The summed E-state index contributed by atoms with van der Waals surface area (Å²) in [5.74, 6) is -1.18. The van der Waals surface area contributed by atoms with Crippen LogP contribution in [0.15, 0.2) is 41.3 Å². The normalized spacial score (nSPS) is 20.4. The van der Waals surface area contributed by atoms with Crippen LogP contribution in [0.4, 0.5) is 13.2 Å². The summed E-state index contributed by atoms with van der Waals surface area (Å²) in [6.07, 6.45) is 2.37. The van der Waals surface area contributed by atoms with E-state index in [2.05, 4.69) is 25.7 Å². The van der Waals surface area contributed by atoms with Crippen molar-refractivity contribution in [2.45, 2.75) is 56.3 Å². The smallest absolute Gasteiger partial charge is 0.350 e. The Labute approximate surface area is 200 Å². The Kier molecular flexibility index (Phi) is 7.25. The monoisotopic (exact) mass is 491 g/mol. The number of rotatable bonds is 6. The molecule has 0 radical (unpaired) electrons. The van der Waals surface area contributed by atoms with Crippen LogP contribution in [-0.4, -0.2) is 52.6 Å². The predicted molar refractivity (Wildman–Crippen MR) is 122 cm³/mol. The molecule has 2 aliphatic rings. The first-order chi connectivity index (χ1) is 16.7. The third-order valence-electron chi connectivity index (χ3n) is 6.86. The number of aromatic nitrogens is 2. The van der Waals surface area contributed by atoms with Gasteiger partial charge in [-0.15, -0.1) is 0 Å². The number of benzene rings is 1. The average Bonchev–Trinajstić information content (AvgIpc) is 3.32. The zero-order chi connectivity index (χ0) is 25.1. The Balaban J connectivity index is 1.35. The fourth-order valence-electron chi connectivity index (χ4n) is 5.17. The van der Waals surface area contributed by atoms with E-state index in [0.717, 1.165) is 50.3 Å². The average molecular weight is 492 g/mol. The van der Waals surface area contributed by atoms with Gasteiger partial charge in [0.05, 0.1) is 17.6 Å². The van der Waals surface area contributed by atoms with Gasteiger partial charge in [0.25, 0.3) is 5.91 Å². The van der Waals surface area contributed by atoms with Crippen LogP contribution in [0.5, 0.6) is 0 Å². The van der Waals surface area contributed by atoms with Crippen molar-refractivity contribution in [1.82, 2.24) is 25.7 Å². The Morgan fingerprint density at radius 1 is 1.17 bits per heavy atom. The molecule has 0 bridgehead atoms. The van der Waals surface area contributed by atoms with Gasteiger partial charge >= 0.3 is 6.18 Å². The van der Waals surface area contributed by atoms with Gasteiger partial charge in [-0.05, 0) is 37.5 Å².